The Morgan fingerprint density at radius 1 is 1.47 bits per heavy atom. The van der Waals surface area contributed by atoms with Crippen molar-refractivity contribution in [2.75, 3.05) is 19.8 Å². The summed E-state index contributed by atoms with van der Waals surface area (Å²) in [6.07, 6.45) is 1.60. The zero-order chi connectivity index (χ0) is 11.3. The van der Waals surface area contributed by atoms with Gasteiger partial charge in [-0.2, -0.15) is 0 Å². The van der Waals surface area contributed by atoms with Crippen molar-refractivity contribution >= 4 is 6.03 Å². The molecular formula is C10H21N3O2. The fourth-order valence-corrected chi connectivity index (χ4v) is 1.52. The van der Waals surface area contributed by atoms with Gasteiger partial charge in [-0.25, -0.2) is 4.79 Å². The van der Waals surface area contributed by atoms with Crippen molar-refractivity contribution in [3.05, 3.63) is 0 Å². The molecule has 2 amide bonds. The van der Waals surface area contributed by atoms with Crippen LogP contribution in [0.5, 0.6) is 0 Å². The van der Waals surface area contributed by atoms with Crippen molar-refractivity contribution in [3.8, 4) is 0 Å². The second kappa shape index (κ2) is 5.32. The van der Waals surface area contributed by atoms with Crippen LogP contribution in [0.3, 0.4) is 0 Å². The lowest BCUT2D eigenvalue weighted by molar-refractivity contribution is 0.0539. The third-order valence-corrected chi connectivity index (χ3v) is 2.51. The first-order valence-corrected chi connectivity index (χ1v) is 5.43. The highest BCUT2D eigenvalue weighted by Gasteiger charge is 2.28. The lowest BCUT2D eigenvalue weighted by Crippen LogP contribution is -2.55. The molecule has 0 saturated carbocycles. The maximum atomic E-state index is 11.3. The summed E-state index contributed by atoms with van der Waals surface area (Å²) in [5, 5.41) is 5.56. The van der Waals surface area contributed by atoms with E-state index in [2.05, 4.69) is 10.6 Å². The van der Waals surface area contributed by atoms with E-state index in [4.69, 9.17) is 10.5 Å². The second-order valence-corrected chi connectivity index (χ2v) is 4.46. The maximum absolute atomic E-state index is 11.3. The quantitative estimate of drug-likeness (QED) is 0.629. The van der Waals surface area contributed by atoms with Crippen molar-refractivity contribution in [1.82, 2.24) is 10.6 Å². The number of nitrogens with one attached hydrogen (secondary N) is 2. The van der Waals surface area contributed by atoms with Gasteiger partial charge in [-0.05, 0) is 26.7 Å². The molecule has 1 aliphatic rings. The standard InChI is InChI=1S/C10H21N3O2/c1-8(2)13-9(14)12-7-10(11)3-5-15-6-4-10/h8H,3-7,11H2,1-2H3,(H2,12,13,14). The molecule has 0 bridgehead atoms. The van der Waals surface area contributed by atoms with E-state index in [1.54, 1.807) is 0 Å². The topological polar surface area (TPSA) is 76.4 Å². The van der Waals surface area contributed by atoms with Crippen LogP contribution in [0.4, 0.5) is 4.79 Å². The van der Waals surface area contributed by atoms with Crippen LogP contribution in [-0.4, -0.2) is 37.4 Å². The number of nitrogens with two attached hydrogens (primary N) is 1. The van der Waals surface area contributed by atoms with E-state index in [-0.39, 0.29) is 17.6 Å². The van der Waals surface area contributed by atoms with Gasteiger partial charge >= 0.3 is 6.03 Å². The van der Waals surface area contributed by atoms with Crippen molar-refractivity contribution in [1.29, 1.82) is 0 Å². The molecule has 88 valence electrons. The summed E-state index contributed by atoms with van der Waals surface area (Å²) >= 11 is 0. The molecule has 4 N–H and O–H groups in total. The molecule has 0 radical (unpaired) electrons. The summed E-state index contributed by atoms with van der Waals surface area (Å²) in [6, 6.07) is -0.00488. The SMILES string of the molecule is CC(C)NC(=O)NCC1(N)CCOCC1. The summed E-state index contributed by atoms with van der Waals surface area (Å²) in [5.74, 6) is 0. The molecule has 0 aromatic carbocycles. The first kappa shape index (κ1) is 12.3. The molecule has 1 saturated heterocycles. The Bertz CT molecular complexity index is 213. The van der Waals surface area contributed by atoms with Crippen LogP contribution in [0.2, 0.25) is 0 Å². The number of urea groups is 1. The summed E-state index contributed by atoms with van der Waals surface area (Å²) in [6.45, 7) is 5.72. The van der Waals surface area contributed by atoms with E-state index in [1.165, 1.54) is 0 Å². The third-order valence-electron chi connectivity index (χ3n) is 2.51. The number of hydrogen-bond acceptors (Lipinski definition) is 3. The van der Waals surface area contributed by atoms with Gasteiger partial charge in [0.2, 0.25) is 0 Å². The predicted molar refractivity (Wildman–Crippen MR) is 58.6 cm³/mol. The van der Waals surface area contributed by atoms with Gasteiger partial charge in [0.05, 0.1) is 0 Å². The third kappa shape index (κ3) is 4.48. The van der Waals surface area contributed by atoms with E-state index in [0.717, 1.165) is 12.8 Å². The van der Waals surface area contributed by atoms with Crippen LogP contribution in [0.15, 0.2) is 0 Å². The average Bonchev–Trinajstić information content (AvgIpc) is 2.15. The normalized spacial score (nSPS) is 20.0. The van der Waals surface area contributed by atoms with Gasteiger partial charge < -0.3 is 21.1 Å². The van der Waals surface area contributed by atoms with E-state index in [0.29, 0.717) is 19.8 Å². The zero-order valence-corrected chi connectivity index (χ0v) is 9.51. The van der Waals surface area contributed by atoms with Gasteiger partial charge in [-0.3, -0.25) is 0 Å². The Morgan fingerprint density at radius 3 is 2.60 bits per heavy atom. The molecule has 15 heavy (non-hydrogen) atoms. The Balaban J connectivity index is 2.25. The molecule has 1 heterocycles. The number of hydrogen-bond donors (Lipinski definition) is 3. The van der Waals surface area contributed by atoms with Gasteiger partial charge in [0.1, 0.15) is 0 Å². The zero-order valence-electron chi connectivity index (χ0n) is 9.51. The fourth-order valence-electron chi connectivity index (χ4n) is 1.52. The summed E-state index contributed by atoms with van der Waals surface area (Å²) in [5.41, 5.74) is 5.82. The highest BCUT2D eigenvalue weighted by Crippen LogP contribution is 2.16. The molecule has 5 nitrogen and oxygen atoms in total. The number of rotatable bonds is 3. The first-order valence-electron chi connectivity index (χ1n) is 5.43. The minimum absolute atomic E-state index is 0.147. The monoisotopic (exact) mass is 215 g/mol. The minimum Gasteiger partial charge on any atom is -0.381 e. The van der Waals surface area contributed by atoms with Gasteiger partial charge in [0, 0.05) is 31.3 Å². The van der Waals surface area contributed by atoms with Crippen LogP contribution in [0.1, 0.15) is 26.7 Å². The van der Waals surface area contributed by atoms with E-state index >= 15 is 0 Å². The largest absolute Gasteiger partial charge is 0.381 e. The molecular weight excluding hydrogens is 194 g/mol. The van der Waals surface area contributed by atoms with Gasteiger partial charge in [0.15, 0.2) is 0 Å². The number of carbonyl (C=O) groups excluding carboxylic acids is 1. The number of carbonyl (C=O) groups is 1. The van der Waals surface area contributed by atoms with Crippen LogP contribution < -0.4 is 16.4 Å². The molecule has 0 aromatic heterocycles. The highest BCUT2D eigenvalue weighted by atomic mass is 16.5. The van der Waals surface area contributed by atoms with Crippen LogP contribution in [-0.2, 0) is 4.74 Å². The van der Waals surface area contributed by atoms with Crippen LogP contribution in [0, 0.1) is 0 Å². The molecule has 1 fully saturated rings. The van der Waals surface area contributed by atoms with Crippen molar-refractivity contribution in [2.24, 2.45) is 5.73 Å². The van der Waals surface area contributed by atoms with E-state index in [9.17, 15) is 4.79 Å². The van der Waals surface area contributed by atoms with Crippen molar-refractivity contribution < 1.29 is 9.53 Å². The second-order valence-electron chi connectivity index (χ2n) is 4.46. The number of ether oxygens (including phenoxy) is 1. The first-order chi connectivity index (χ1) is 7.02. The molecule has 1 rings (SSSR count). The highest BCUT2D eigenvalue weighted by molar-refractivity contribution is 5.74. The molecule has 5 heteroatoms. The van der Waals surface area contributed by atoms with Gasteiger partial charge in [-0.1, -0.05) is 0 Å². The molecule has 1 aliphatic heterocycles. The van der Waals surface area contributed by atoms with Gasteiger partial charge in [0.25, 0.3) is 0 Å². The van der Waals surface area contributed by atoms with Crippen molar-refractivity contribution in [2.45, 2.75) is 38.3 Å². The smallest absolute Gasteiger partial charge is 0.315 e. The maximum Gasteiger partial charge on any atom is 0.315 e. The lowest BCUT2D eigenvalue weighted by atomic mass is 9.91. The molecule has 0 unspecified atom stereocenters. The fraction of sp³-hybridized carbons (Fsp3) is 0.900. The molecule has 0 aromatic rings. The summed E-state index contributed by atoms with van der Waals surface area (Å²) in [7, 11) is 0. The lowest BCUT2D eigenvalue weighted by Gasteiger charge is -2.33. The summed E-state index contributed by atoms with van der Waals surface area (Å²) in [4.78, 5) is 11.3. The van der Waals surface area contributed by atoms with E-state index < -0.39 is 0 Å². The number of amides is 2. The molecule has 0 atom stereocenters. The minimum atomic E-state index is -0.299. The average molecular weight is 215 g/mol. The van der Waals surface area contributed by atoms with E-state index in [1.807, 2.05) is 13.8 Å². The summed E-state index contributed by atoms with van der Waals surface area (Å²) < 4.78 is 5.23. The van der Waals surface area contributed by atoms with Crippen LogP contribution >= 0.6 is 0 Å². The van der Waals surface area contributed by atoms with Crippen LogP contribution in [0.25, 0.3) is 0 Å². The van der Waals surface area contributed by atoms with Gasteiger partial charge in [-0.15, -0.1) is 0 Å². The van der Waals surface area contributed by atoms with Crippen molar-refractivity contribution in [3.63, 3.8) is 0 Å². The predicted octanol–water partition coefficient (Wildman–Crippen LogP) is 0.202. The Morgan fingerprint density at radius 2 is 2.07 bits per heavy atom. The molecule has 0 spiro atoms. The Hall–Kier alpha value is -0.810. The Kier molecular flexibility index (Phi) is 4.35. The molecule has 0 aliphatic carbocycles. The Labute approximate surface area is 90.7 Å².